The lowest BCUT2D eigenvalue weighted by Gasteiger charge is -2.29. The molecule has 0 radical (unpaired) electrons. The Balaban J connectivity index is 1.48. The average molecular weight is 502 g/mol. The van der Waals surface area contributed by atoms with Gasteiger partial charge in [0.2, 0.25) is 0 Å². The van der Waals surface area contributed by atoms with Crippen LogP contribution in [0.15, 0.2) is 67.0 Å². The predicted octanol–water partition coefficient (Wildman–Crippen LogP) is 5.70. The lowest BCUT2D eigenvalue weighted by atomic mass is 10.1. The van der Waals surface area contributed by atoms with Crippen molar-refractivity contribution in [3.8, 4) is 0 Å². The second-order valence-electron chi connectivity index (χ2n) is 10.1. The molecule has 0 unspecified atom stereocenters. The van der Waals surface area contributed by atoms with E-state index in [4.69, 9.17) is 4.74 Å². The van der Waals surface area contributed by atoms with Crippen LogP contribution in [0.25, 0.3) is 0 Å². The normalized spacial score (nSPS) is 13.6. The Morgan fingerprint density at radius 2 is 1.68 bits per heavy atom. The molecule has 0 spiro atoms. The summed E-state index contributed by atoms with van der Waals surface area (Å²) in [6.45, 7) is 7.76. The van der Waals surface area contributed by atoms with Crippen LogP contribution >= 0.6 is 0 Å². The molecule has 1 aliphatic heterocycles. The molecule has 0 bridgehead atoms. The van der Waals surface area contributed by atoms with Crippen LogP contribution < -0.4 is 15.1 Å². The highest BCUT2D eigenvalue weighted by Crippen LogP contribution is 2.25. The number of hydrogen-bond acceptors (Lipinski definition) is 6. The molecule has 3 heterocycles. The van der Waals surface area contributed by atoms with E-state index in [1.165, 1.54) is 6.42 Å². The van der Waals surface area contributed by atoms with E-state index in [2.05, 4.69) is 20.2 Å². The number of piperidine rings is 1. The van der Waals surface area contributed by atoms with Gasteiger partial charge < -0.3 is 15.0 Å². The van der Waals surface area contributed by atoms with E-state index in [1.54, 1.807) is 35.5 Å². The third kappa shape index (κ3) is 7.29. The Kier molecular flexibility index (Phi) is 8.38. The number of ether oxygens (including phenoxy) is 1. The van der Waals surface area contributed by atoms with Gasteiger partial charge in [0.25, 0.3) is 5.91 Å². The molecular formula is C29H35N5O3. The summed E-state index contributed by atoms with van der Waals surface area (Å²) in [6, 6.07) is 16.5. The highest BCUT2D eigenvalue weighted by molar-refractivity contribution is 6.07. The van der Waals surface area contributed by atoms with E-state index < -0.39 is 11.7 Å². The van der Waals surface area contributed by atoms with Gasteiger partial charge in [-0.25, -0.2) is 9.78 Å². The summed E-state index contributed by atoms with van der Waals surface area (Å²) in [5, 5.41) is 2.98. The summed E-state index contributed by atoms with van der Waals surface area (Å²) in [5.41, 5.74) is 2.14. The van der Waals surface area contributed by atoms with Gasteiger partial charge >= 0.3 is 6.09 Å². The zero-order chi connectivity index (χ0) is 26.3. The number of nitrogens with one attached hydrogen (secondary N) is 1. The third-order valence-electron chi connectivity index (χ3n) is 6.06. The van der Waals surface area contributed by atoms with E-state index in [-0.39, 0.29) is 5.91 Å². The van der Waals surface area contributed by atoms with Gasteiger partial charge in [-0.05, 0) is 88.6 Å². The Labute approximate surface area is 218 Å². The molecule has 0 aliphatic carbocycles. The number of hydrogen-bond donors (Lipinski definition) is 1. The number of carbonyl (C=O) groups is 2. The van der Waals surface area contributed by atoms with Crippen molar-refractivity contribution in [1.29, 1.82) is 0 Å². The first-order chi connectivity index (χ1) is 17.8. The largest absolute Gasteiger partial charge is 0.443 e. The maximum Gasteiger partial charge on any atom is 0.414 e. The highest BCUT2D eigenvalue weighted by atomic mass is 16.6. The summed E-state index contributed by atoms with van der Waals surface area (Å²) in [4.78, 5) is 38.8. The molecule has 194 valence electrons. The fourth-order valence-corrected chi connectivity index (χ4v) is 4.27. The first-order valence-electron chi connectivity index (χ1n) is 12.8. The minimum atomic E-state index is -0.621. The molecule has 1 N–H and O–H groups in total. The molecule has 1 aromatic carbocycles. The smallest absolute Gasteiger partial charge is 0.414 e. The summed E-state index contributed by atoms with van der Waals surface area (Å²) in [6.07, 6.45) is 7.04. The van der Waals surface area contributed by atoms with Crippen molar-refractivity contribution in [3.63, 3.8) is 0 Å². The van der Waals surface area contributed by atoms with Crippen LogP contribution in [-0.2, 0) is 11.2 Å². The van der Waals surface area contributed by atoms with E-state index in [9.17, 15) is 9.59 Å². The number of nitrogens with zero attached hydrogens (tertiary/aromatic N) is 4. The second-order valence-corrected chi connectivity index (χ2v) is 10.1. The Morgan fingerprint density at radius 1 is 0.946 bits per heavy atom. The topological polar surface area (TPSA) is 87.7 Å². The number of aromatic nitrogens is 2. The maximum absolute atomic E-state index is 13.2. The van der Waals surface area contributed by atoms with Crippen molar-refractivity contribution in [2.45, 2.75) is 52.1 Å². The zero-order valence-corrected chi connectivity index (χ0v) is 21.8. The SMILES string of the molecule is CC(C)(C)OC(=O)N(CCc1ccccn1)c1ccc(NC(=O)c2cccnc2N2CCCCC2)cc1. The van der Waals surface area contributed by atoms with E-state index in [0.717, 1.165) is 37.4 Å². The first kappa shape index (κ1) is 26.1. The Bertz CT molecular complexity index is 1190. The van der Waals surface area contributed by atoms with Crippen molar-refractivity contribution in [2.24, 2.45) is 0 Å². The number of amides is 2. The van der Waals surface area contributed by atoms with Crippen LogP contribution in [0.5, 0.6) is 0 Å². The number of rotatable bonds is 7. The molecule has 4 rings (SSSR count). The lowest BCUT2D eigenvalue weighted by Crippen LogP contribution is -2.38. The van der Waals surface area contributed by atoms with Crippen LogP contribution in [0.3, 0.4) is 0 Å². The summed E-state index contributed by atoms with van der Waals surface area (Å²) >= 11 is 0. The Morgan fingerprint density at radius 3 is 2.35 bits per heavy atom. The average Bonchev–Trinajstić information content (AvgIpc) is 2.90. The molecule has 8 nitrogen and oxygen atoms in total. The molecule has 0 saturated carbocycles. The van der Waals surface area contributed by atoms with Crippen LogP contribution in [-0.4, -0.2) is 47.2 Å². The van der Waals surface area contributed by atoms with Crippen molar-refractivity contribution in [2.75, 3.05) is 34.8 Å². The fourth-order valence-electron chi connectivity index (χ4n) is 4.27. The maximum atomic E-state index is 13.2. The van der Waals surface area contributed by atoms with Crippen molar-refractivity contribution in [3.05, 3.63) is 78.2 Å². The van der Waals surface area contributed by atoms with E-state index in [1.807, 2.05) is 57.2 Å². The van der Waals surface area contributed by atoms with Gasteiger partial charge in [0.05, 0.1) is 5.56 Å². The number of carbonyl (C=O) groups excluding carboxylic acids is 2. The third-order valence-corrected chi connectivity index (χ3v) is 6.06. The molecule has 8 heteroatoms. The summed E-state index contributed by atoms with van der Waals surface area (Å²) in [7, 11) is 0. The van der Waals surface area contributed by atoms with Gasteiger partial charge in [0.15, 0.2) is 0 Å². The summed E-state index contributed by atoms with van der Waals surface area (Å²) in [5.74, 6) is 0.516. The molecule has 1 aliphatic rings. The predicted molar refractivity (Wildman–Crippen MR) is 146 cm³/mol. The fraction of sp³-hybridized carbons (Fsp3) is 0.379. The molecule has 0 atom stereocenters. The van der Waals surface area contributed by atoms with Crippen molar-refractivity contribution >= 4 is 29.2 Å². The molecule has 2 aromatic heterocycles. The summed E-state index contributed by atoms with van der Waals surface area (Å²) < 4.78 is 5.65. The number of anilines is 3. The van der Waals surface area contributed by atoms with E-state index >= 15 is 0 Å². The Hall–Kier alpha value is -3.94. The first-order valence-corrected chi connectivity index (χ1v) is 12.8. The van der Waals surface area contributed by atoms with Gasteiger partial charge in [0.1, 0.15) is 11.4 Å². The van der Waals surface area contributed by atoms with Crippen LogP contribution in [0.1, 0.15) is 56.1 Å². The van der Waals surface area contributed by atoms with Crippen LogP contribution in [0.4, 0.5) is 22.0 Å². The van der Waals surface area contributed by atoms with Gasteiger partial charge in [-0.15, -0.1) is 0 Å². The molecule has 3 aromatic rings. The number of pyridine rings is 2. The van der Waals surface area contributed by atoms with Crippen molar-refractivity contribution < 1.29 is 14.3 Å². The molecule has 2 amide bonds. The van der Waals surface area contributed by atoms with Crippen LogP contribution in [0.2, 0.25) is 0 Å². The minimum Gasteiger partial charge on any atom is -0.443 e. The van der Waals surface area contributed by atoms with E-state index in [0.29, 0.717) is 29.9 Å². The second kappa shape index (κ2) is 11.9. The highest BCUT2D eigenvalue weighted by Gasteiger charge is 2.24. The van der Waals surface area contributed by atoms with Gasteiger partial charge in [-0.2, -0.15) is 0 Å². The monoisotopic (exact) mass is 501 g/mol. The quantitative estimate of drug-likeness (QED) is 0.447. The van der Waals surface area contributed by atoms with Gasteiger partial charge in [0, 0.05) is 55.5 Å². The van der Waals surface area contributed by atoms with Gasteiger partial charge in [-0.3, -0.25) is 14.7 Å². The van der Waals surface area contributed by atoms with Gasteiger partial charge in [-0.1, -0.05) is 6.07 Å². The van der Waals surface area contributed by atoms with Crippen molar-refractivity contribution in [1.82, 2.24) is 9.97 Å². The zero-order valence-electron chi connectivity index (χ0n) is 21.8. The lowest BCUT2D eigenvalue weighted by molar-refractivity contribution is 0.0580. The van der Waals surface area contributed by atoms with Crippen LogP contribution in [0, 0.1) is 0 Å². The molecule has 1 saturated heterocycles. The standard InChI is InChI=1S/C29H35N5O3/c1-29(2,3)37-28(36)34(21-16-22-10-5-6-17-30-22)24-14-12-23(13-15-24)32-27(35)25-11-9-18-31-26(25)33-19-7-4-8-20-33/h5-6,9-15,17-18H,4,7-8,16,19-21H2,1-3H3,(H,32,35). The molecular weight excluding hydrogens is 466 g/mol. The number of benzene rings is 1. The minimum absolute atomic E-state index is 0.208. The molecule has 1 fully saturated rings. The molecule has 37 heavy (non-hydrogen) atoms.